The molecule has 38 heavy (non-hydrogen) atoms. The predicted molar refractivity (Wildman–Crippen MR) is 134 cm³/mol. The minimum Gasteiger partial charge on any atom is -0.493 e. The molecule has 204 valence electrons. The lowest BCUT2D eigenvalue weighted by atomic mass is 9.99. The van der Waals surface area contributed by atoms with Gasteiger partial charge in [0.05, 0.1) is 36.1 Å². The summed E-state index contributed by atoms with van der Waals surface area (Å²) in [7, 11) is 0. The molecule has 3 aromatic rings. The molecule has 3 N–H and O–H groups in total. The summed E-state index contributed by atoms with van der Waals surface area (Å²) in [5.74, 6) is -0.741. The second-order valence-corrected chi connectivity index (χ2v) is 10.4. The predicted octanol–water partition coefficient (Wildman–Crippen LogP) is 2.96. The van der Waals surface area contributed by atoms with Crippen LogP contribution in [-0.2, 0) is 22.3 Å². The van der Waals surface area contributed by atoms with Gasteiger partial charge in [-0.25, -0.2) is 13.8 Å². The van der Waals surface area contributed by atoms with E-state index in [1.165, 1.54) is 12.1 Å². The number of piperidine rings is 1. The van der Waals surface area contributed by atoms with Gasteiger partial charge < -0.3 is 34.4 Å². The molecule has 3 saturated heterocycles. The Labute approximate surface area is 222 Å². The van der Waals surface area contributed by atoms with Crippen LogP contribution in [0.25, 0.3) is 11.2 Å². The maximum Gasteiger partial charge on any atom is 0.296 e. The Balaban J connectivity index is 1.10. The van der Waals surface area contributed by atoms with Gasteiger partial charge in [-0.3, -0.25) is 0 Å². The van der Waals surface area contributed by atoms with Crippen molar-refractivity contribution in [3.05, 3.63) is 46.1 Å². The summed E-state index contributed by atoms with van der Waals surface area (Å²) in [5, 5.41) is 13.5. The highest BCUT2D eigenvalue weighted by Crippen LogP contribution is 2.31. The number of H-pyrrole nitrogens is 1. The number of rotatable bonds is 8. The SMILES string of the molecule is O[C@@H]1CO[C@H]2[C@@H]1OC[C@H]2Oc1nc2nc(CCc3c(F)cc(OCC4CCNCC4)cc3F)c(Cl)cc2[nH]1. The highest BCUT2D eigenvalue weighted by Gasteiger charge is 2.48. The third-order valence-electron chi connectivity index (χ3n) is 7.39. The fourth-order valence-corrected chi connectivity index (χ4v) is 5.51. The molecular weight excluding hydrogens is 522 g/mol. The summed E-state index contributed by atoms with van der Waals surface area (Å²) in [6.45, 7) is 2.77. The first kappa shape index (κ1) is 25.7. The number of ether oxygens (including phenoxy) is 4. The first-order valence-corrected chi connectivity index (χ1v) is 13.3. The number of pyridine rings is 1. The lowest BCUT2D eigenvalue weighted by Gasteiger charge is -2.22. The van der Waals surface area contributed by atoms with Gasteiger partial charge in [-0.15, -0.1) is 0 Å². The highest BCUT2D eigenvalue weighted by atomic mass is 35.5. The number of imidazole rings is 1. The van der Waals surface area contributed by atoms with Crippen molar-refractivity contribution in [3.8, 4) is 11.8 Å². The number of halogens is 3. The van der Waals surface area contributed by atoms with Crippen molar-refractivity contribution < 1.29 is 32.8 Å². The van der Waals surface area contributed by atoms with Crippen LogP contribution in [0.1, 0.15) is 24.1 Å². The first-order chi connectivity index (χ1) is 18.4. The van der Waals surface area contributed by atoms with E-state index in [0.29, 0.717) is 34.4 Å². The van der Waals surface area contributed by atoms with Crippen LogP contribution in [-0.4, -0.2) is 77.4 Å². The van der Waals surface area contributed by atoms with Crippen LogP contribution in [0.3, 0.4) is 0 Å². The Morgan fingerprint density at radius 3 is 2.58 bits per heavy atom. The molecule has 0 saturated carbocycles. The molecular formula is C26H29ClF2N4O5. The molecule has 0 amide bonds. The second-order valence-electron chi connectivity index (χ2n) is 10.0. The van der Waals surface area contributed by atoms with Gasteiger partial charge in [0.2, 0.25) is 0 Å². The van der Waals surface area contributed by atoms with Crippen molar-refractivity contribution in [1.29, 1.82) is 0 Å². The van der Waals surface area contributed by atoms with Crippen LogP contribution in [0.2, 0.25) is 5.02 Å². The van der Waals surface area contributed by atoms with Gasteiger partial charge >= 0.3 is 0 Å². The lowest BCUT2D eigenvalue weighted by Crippen LogP contribution is -2.34. The largest absolute Gasteiger partial charge is 0.493 e. The molecule has 12 heteroatoms. The number of aliphatic hydroxyl groups is 1. The lowest BCUT2D eigenvalue weighted by molar-refractivity contribution is 0.00706. The standard InChI is InChI=1S/C26H29ClF2N4O5/c27-16-9-20-25(33-26(32-20)38-22-12-37-23-21(34)11-36-24(22)23)31-19(16)2-1-15-17(28)7-14(8-18(15)29)35-10-13-3-5-30-6-4-13/h7-9,13,21-24,30,34H,1-6,10-12H2,(H,31,32,33)/t21-,22-,23-,24-/m1/s1. The molecule has 2 aromatic heterocycles. The smallest absolute Gasteiger partial charge is 0.296 e. The molecule has 4 atom stereocenters. The fourth-order valence-electron chi connectivity index (χ4n) is 5.26. The molecule has 1 aromatic carbocycles. The molecule has 9 nitrogen and oxygen atoms in total. The monoisotopic (exact) mass is 550 g/mol. The van der Waals surface area contributed by atoms with Crippen LogP contribution in [0.5, 0.6) is 11.8 Å². The Bertz CT molecular complexity index is 1280. The first-order valence-electron chi connectivity index (χ1n) is 12.9. The molecule has 0 radical (unpaired) electrons. The number of aromatic nitrogens is 3. The summed E-state index contributed by atoms with van der Waals surface area (Å²) in [6, 6.07) is 4.35. The zero-order valence-corrected chi connectivity index (χ0v) is 21.3. The number of aryl methyl sites for hydroxylation is 1. The van der Waals surface area contributed by atoms with Gasteiger partial charge in [-0.2, -0.15) is 4.98 Å². The molecule has 3 aliphatic rings. The van der Waals surface area contributed by atoms with Crippen molar-refractivity contribution in [3.63, 3.8) is 0 Å². The second kappa shape index (κ2) is 10.9. The van der Waals surface area contributed by atoms with Crippen molar-refractivity contribution in [2.45, 2.75) is 50.1 Å². The summed E-state index contributed by atoms with van der Waals surface area (Å²) >= 11 is 6.43. The number of hydrogen-bond acceptors (Lipinski definition) is 8. The quantitative estimate of drug-likeness (QED) is 0.393. The number of aliphatic hydroxyl groups excluding tert-OH is 1. The van der Waals surface area contributed by atoms with E-state index in [9.17, 15) is 13.9 Å². The van der Waals surface area contributed by atoms with Crippen molar-refractivity contribution in [2.75, 3.05) is 32.9 Å². The third-order valence-corrected chi connectivity index (χ3v) is 7.72. The van der Waals surface area contributed by atoms with E-state index in [0.717, 1.165) is 25.9 Å². The summed E-state index contributed by atoms with van der Waals surface area (Å²) in [6.07, 6.45) is 0.359. The van der Waals surface area contributed by atoms with Crippen LogP contribution in [0, 0.1) is 17.6 Å². The van der Waals surface area contributed by atoms with Crippen LogP contribution >= 0.6 is 11.6 Å². The van der Waals surface area contributed by atoms with Gasteiger partial charge in [0.1, 0.15) is 35.7 Å². The third kappa shape index (κ3) is 5.30. The molecule has 0 spiro atoms. The summed E-state index contributed by atoms with van der Waals surface area (Å²) in [5.41, 5.74) is 1.35. The number of nitrogens with zero attached hydrogens (tertiary/aromatic N) is 2. The zero-order chi connectivity index (χ0) is 26.2. The van der Waals surface area contributed by atoms with Gasteiger partial charge in [-0.05, 0) is 50.8 Å². The maximum absolute atomic E-state index is 14.8. The average Bonchev–Trinajstić information content (AvgIpc) is 3.59. The number of hydrogen-bond donors (Lipinski definition) is 3. The van der Waals surface area contributed by atoms with Gasteiger partial charge in [-0.1, -0.05) is 11.6 Å². The Morgan fingerprint density at radius 2 is 1.79 bits per heavy atom. The Morgan fingerprint density at radius 1 is 1.03 bits per heavy atom. The summed E-state index contributed by atoms with van der Waals surface area (Å²) < 4.78 is 52.3. The van der Waals surface area contributed by atoms with Gasteiger partial charge in [0.15, 0.2) is 11.8 Å². The number of aromatic amines is 1. The van der Waals surface area contributed by atoms with Crippen LogP contribution in [0.15, 0.2) is 18.2 Å². The van der Waals surface area contributed by atoms with E-state index < -0.39 is 29.9 Å². The topological polar surface area (TPSA) is 111 Å². The fraction of sp³-hybridized carbons (Fsp3) is 0.538. The van der Waals surface area contributed by atoms with Gasteiger partial charge in [0, 0.05) is 17.7 Å². The van der Waals surface area contributed by atoms with Crippen molar-refractivity contribution >= 4 is 22.8 Å². The van der Waals surface area contributed by atoms with E-state index in [-0.39, 0.29) is 49.5 Å². The molecule has 6 rings (SSSR count). The van der Waals surface area contributed by atoms with E-state index in [1.54, 1.807) is 6.07 Å². The molecule has 0 bridgehead atoms. The molecule has 5 heterocycles. The average molecular weight is 551 g/mol. The minimum absolute atomic E-state index is 0.0437. The number of benzene rings is 1. The normalized spacial score (nSPS) is 25.7. The highest BCUT2D eigenvalue weighted by molar-refractivity contribution is 6.31. The zero-order valence-electron chi connectivity index (χ0n) is 20.6. The van der Waals surface area contributed by atoms with E-state index in [2.05, 4.69) is 20.3 Å². The molecule has 3 fully saturated rings. The van der Waals surface area contributed by atoms with E-state index in [4.69, 9.17) is 30.5 Å². The van der Waals surface area contributed by atoms with E-state index >= 15 is 0 Å². The van der Waals surface area contributed by atoms with Crippen LogP contribution < -0.4 is 14.8 Å². The number of nitrogens with one attached hydrogen (secondary N) is 2. The minimum atomic E-state index is -0.676. The molecule has 3 aliphatic heterocycles. The molecule has 0 unspecified atom stereocenters. The number of fused-ring (bicyclic) bond motifs is 2. The Hall–Kier alpha value is -2.57. The van der Waals surface area contributed by atoms with Crippen molar-refractivity contribution in [2.24, 2.45) is 5.92 Å². The molecule has 0 aliphatic carbocycles. The Kier molecular flexibility index (Phi) is 7.37. The van der Waals surface area contributed by atoms with Crippen molar-refractivity contribution in [1.82, 2.24) is 20.3 Å². The van der Waals surface area contributed by atoms with Crippen LogP contribution in [0.4, 0.5) is 8.78 Å². The summed E-state index contributed by atoms with van der Waals surface area (Å²) in [4.78, 5) is 11.9. The van der Waals surface area contributed by atoms with E-state index in [1.807, 2.05) is 0 Å². The van der Waals surface area contributed by atoms with Gasteiger partial charge in [0.25, 0.3) is 6.01 Å². The maximum atomic E-state index is 14.8.